The fourth-order valence-corrected chi connectivity index (χ4v) is 2.52. The van der Waals surface area contributed by atoms with Crippen LogP contribution in [0.1, 0.15) is 40.0 Å². The predicted octanol–water partition coefficient (Wildman–Crippen LogP) is 1.22. The highest BCUT2D eigenvalue weighted by molar-refractivity contribution is 5.77. The topological polar surface area (TPSA) is 44.4 Å². The van der Waals surface area contributed by atoms with Crippen molar-refractivity contribution in [3.05, 3.63) is 0 Å². The van der Waals surface area contributed by atoms with Gasteiger partial charge in [0.1, 0.15) is 0 Å². The zero-order valence-electron chi connectivity index (χ0n) is 12.2. The Morgan fingerprint density at radius 2 is 1.94 bits per heavy atom. The molecule has 1 saturated heterocycles. The quantitative estimate of drug-likeness (QED) is 0.641. The van der Waals surface area contributed by atoms with E-state index in [1.165, 1.54) is 25.9 Å². The van der Waals surface area contributed by atoms with Gasteiger partial charge in [-0.3, -0.25) is 9.69 Å². The van der Waals surface area contributed by atoms with Crippen LogP contribution in [-0.4, -0.2) is 49.6 Å². The summed E-state index contributed by atoms with van der Waals surface area (Å²) < 4.78 is 0. The van der Waals surface area contributed by atoms with Crippen LogP contribution in [0.5, 0.6) is 0 Å². The van der Waals surface area contributed by atoms with Gasteiger partial charge in [-0.05, 0) is 44.8 Å². The Bertz CT molecular complexity index is 237. The molecule has 0 saturated carbocycles. The van der Waals surface area contributed by atoms with Crippen molar-refractivity contribution in [2.45, 2.75) is 46.1 Å². The summed E-state index contributed by atoms with van der Waals surface area (Å²) in [5, 5.41) is 6.19. The van der Waals surface area contributed by atoms with Crippen molar-refractivity contribution in [3.8, 4) is 0 Å². The Labute approximate surface area is 111 Å². The van der Waals surface area contributed by atoms with Crippen molar-refractivity contribution >= 4 is 5.91 Å². The highest BCUT2D eigenvalue weighted by Gasteiger charge is 2.24. The molecule has 1 atom stereocenters. The van der Waals surface area contributed by atoms with Gasteiger partial charge in [-0.1, -0.05) is 20.8 Å². The SMILES string of the molecule is CCCNCC(=O)NCC(C(C)C)N1CCCC1. The molecule has 4 nitrogen and oxygen atoms in total. The molecule has 0 spiro atoms. The molecule has 1 heterocycles. The first-order valence-corrected chi connectivity index (χ1v) is 7.36. The van der Waals surface area contributed by atoms with Gasteiger partial charge in [0.25, 0.3) is 0 Å². The Balaban J connectivity index is 2.26. The lowest BCUT2D eigenvalue weighted by Crippen LogP contribution is -2.47. The first-order valence-electron chi connectivity index (χ1n) is 7.36. The molecule has 1 amide bonds. The number of likely N-dealkylation sites (tertiary alicyclic amines) is 1. The van der Waals surface area contributed by atoms with Gasteiger partial charge in [0, 0.05) is 12.6 Å². The van der Waals surface area contributed by atoms with Gasteiger partial charge in [0.15, 0.2) is 0 Å². The van der Waals surface area contributed by atoms with E-state index in [0.717, 1.165) is 19.5 Å². The standard InChI is InChI=1S/C14H29N3O/c1-4-7-15-11-14(18)16-10-13(12(2)3)17-8-5-6-9-17/h12-13,15H,4-11H2,1-3H3,(H,16,18). The summed E-state index contributed by atoms with van der Waals surface area (Å²) in [6.45, 7) is 11.1. The van der Waals surface area contributed by atoms with Crippen LogP contribution in [0.25, 0.3) is 0 Å². The molecule has 18 heavy (non-hydrogen) atoms. The van der Waals surface area contributed by atoms with Crippen LogP contribution in [0.4, 0.5) is 0 Å². The van der Waals surface area contributed by atoms with E-state index in [9.17, 15) is 4.79 Å². The molecule has 2 N–H and O–H groups in total. The maximum atomic E-state index is 11.7. The van der Waals surface area contributed by atoms with Crippen LogP contribution >= 0.6 is 0 Å². The third-order valence-electron chi connectivity index (χ3n) is 3.60. The van der Waals surface area contributed by atoms with E-state index in [1.807, 2.05) is 0 Å². The molecule has 1 rings (SSSR count). The second-order valence-corrected chi connectivity index (χ2v) is 5.54. The molecule has 0 aromatic heterocycles. The van der Waals surface area contributed by atoms with Crippen molar-refractivity contribution in [2.75, 3.05) is 32.7 Å². The van der Waals surface area contributed by atoms with Crippen LogP contribution in [-0.2, 0) is 4.79 Å². The predicted molar refractivity (Wildman–Crippen MR) is 75.6 cm³/mol. The van der Waals surface area contributed by atoms with Gasteiger partial charge >= 0.3 is 0 Å². The molecule has 1 fully saturated rings. The van der Waals surface area contributed by atoms with Crippen molar-refractivity contribution in [3.63, 3.8) is 0 Å². The Kier molecular flexibility index (Phi) is 7.28. The highest BCUT2D eigenvalue weighted by atomic mass is 16.1. The molecule has 1 aliphatic heterocycles. The van der Waals surface area contributed by atoms with Gasteiger partial charge in [-0.15, -0.1) is 0 Å². The third-order valence-corrected chi connectivity index (χ3v) is 3.60. The Morgan fingerprint density at radius 3 is 2.50 bits per heavy atom. The molecular weight excluding hydrogens is 226 g/mol. The van der Waals surface area contributed by atoms with Crippen molar-refractivity contribution in [2.24, 2.45) is 5.92 Å². The summed E-state index contributed by atoms with van der Waals surface area (Å²) in [5.41, 5.74) is 0. The van der Waals surface area contributed by atoms with E-state index in [4.69, 9.17) is 0 Å². The monoisotopic (exact) mass is 255 g/mol. The average Bonchev–Trinajstić information content (AvgIpc) is 2.83. The number of carbonyl (C=O) groups excluding carboxylic acids is 1. The summed E-state index contributed by atoms with van der Waals surface area (Å²) >= 11 is 0. The molecule has 1 unspecified atom stereocenters. The number of amides is 1. The van der Waals surface area contributed by atoms with E-state index in [2.05, 4.69) is 36.3 Å². The molecule has 4 heteroatoms. The average molecular weight is 255 g/mol. The summed E-state index contributed by atoms with van der Waals surface area (Å²) in [6, 6.07) is 0.489. The second kappa shape index (κ2) is 8.48. The molecule has 1 aliphatic rings. The smallest absolute Gasteiger partial charge is 0.234 e. The molecule has 0 aromatic carbocycles. The van der Waals surface area contributed by atoms with E-state index >= 15 is 0 Å². The van der Waals surface area contributed by atoms with Crippen LogP contribution in [0.15, 0.2) is 0 Å². The molecule has 0 aliphatic carbocycles. The number of nitrogens with one attached hydrogen (secondary N) is 2. The zero-order valence-corrected chi connectivity index (χ0v) is 12.2. The third kappa shape index (κ3) is 5.36. The van der Waals surface area contributed by atoms with Crippen LogP contribution in [0, 0.1) is 5.92 Å². The molecular formula is C14H29N3O. The number of carbonyl (C=O) groups is 1. The van der Waals surface area contributed by atoms with Crippen LogP contribution in [0.3, 0.4) is 0 Å². The fraction of sp³-hybridized carbons (Fsp3) is 0.929. The summed E-state index contributed by atoms with van der Waals surface area (Å²) in [7, 11) is 0. The first kappa shape index (κ1) is 15.4. The maximum absolute atomic E-state index is 11.7. The molecule has 106 valence electrons. The van der Waals surface area contributed by atoms with Gasteiger partial charge in [0.05, 0.1) is 6.54 Å². The minimum Gasteiger partial charge on any atom is -0.353 e. The summed E-state index contributed by atoms with van der Waals surface area (Å²) in [4.78, 5) is 14.2. The minimum atomic E-state index is 0.119. The zero-order chi connectivity index (χ0) is 13.4. The van der Waals surface area contributed by atoms with E-state index in [-0.39, 0.29) is 5.91 Å². The van der Waals surface area contributed by atoms with Gasteiger partial charge < -0.3 is 10.6 Å². The summed E-state index contributed by atoms with van der Waals surface area (Å²) in [5.74, 6) is 0.709. The number of rotatable bonds is 8. The maximum Gasteiger partial charge on any atom is 0.234 e. The lowest BCUT2D eigenvalue weighted by Gasteiger charge is -2.31. The highest BCUT2D eigenvalue weighted by Crippen LogP contribution is 2.16. The Hall–Kier alpha value is -0.610. The molecule has 0 radical (unpaired) electrons. The van der Waals surface area contributed by atoms with Crippen LogP contribution < -0.4 is 10.6 Å². The van der Waals surface area contributed by atoms with Gasteiger partial charge in [0.2, 0.25) is 5.91 Å². The van der Waals surface area contributed by atoms with Gasteiger partial charge in [-0.25, -0.2) is 0 Å². The van der Waals surface area contributed by atoms with E-state index < -0.39 is 0 Å². The van der Waals surface area contributed by atoms with Crippen molar-refractivity contribution in [1.29, 1.82) is 0 Å². The van der Waals surface area contributed by atoms with Gasteiger partial charge in [-0.2, -0.15) is 0 Å². The first-order chi connectivity index (χ1) is 8.65. The van der Waals surface area contributed by atoms with Crippen molar-refractivity contribution < 1.29 is 4.79 Å². The fourth-order valence-electron chi connectivity index (χ4n) is 2.52. The number of hydrogen-bond acceptors (Lipinski definition) is 3. The Morgan fingerprint density at radius 1 is 1.28 bits per heavy atom. The molecule has 0 bridgehead atoms. The minimum absolute atomic E-state index is 0.119. The molecule has 0 aromatic rings. The normalized spacial score (nSPS) is 18.2. The number of nitrogens with zero attached hydrogens (tertiary/aromatic N) is 1. The van der Waals surface area contributed by atoms with Crippen LogP contribution in [0.2, 0.25) is 0 Å². The lowest BCUT2D eigenvalue weighted by molar-refractivity contribution is -0.120. The van der Waals surface area contributed by atoms with Crippen molar-refractivity contribution in [1.82, 2.24) is 15.5 Å². The summed E-state index contributed by atoms with van der Waals surface area (Å²) in [6.07, 6.45) is 3.67. The number of hydrogen-bond donors (Lipinski definition) is 2. The lowest BCUT2D eigenvalue weighted by atomic mass is 10.0. The van der Waals surface area contributed by atoms with E-state index in [1.54, 1.807) is 0 Å². The van der Waals surface area contributed by atoms with E-state index in [0.29, 0.717) is 18.5 Å². The largest absolute Gasteiger partial charge is 0.353 e. The second-order valence-electron chi connectivity index (χ2n) is 5.54.